The van der Waals surface area contributed by atoms with Crippen LogP contribution in [-0.2, 0) is 22.6 Å². The van der Waals surface area contributed by atoms with Crippen molar-refractivity contribution in [3.05, 3.63) is 29.3 Å². The predicted octanol–water partition coefficient (Wildman–Crippen LogP) is 1.16. The van der Waals surface area contributed by atoms with Gasteiger partial charge in [0.2, 0.25) is 5.91 Å². The molecule has 102 valence electrons. The minimum absolute atomic E-state index is 0.0889. The Balaban J connectivity index is 2.11. The molecule has 0 bridgehead atoms. The number of nitrogens with one attached hydrogen (secondary N) is 1. The van der Waals surface area contributed by atoms with Gasteiger partial charge >= 0.3 is 5.97 Å². The van der Waals surface area contributed by atoms with Crippen molar-refractivity contribution in [2.75, 3.05) is 11.9 Å². The molecule has 0 saturated carbocycles. The number of carbonyl (C=O) groups is 2. The van der Waals surface area contributed by atoms with Crippen LogP contribution in [0.2, 0.25) is 0 Å². The number of fused-ring (bicyclic) bond motifs is 1. The van der Waals surface area contributed by atoms with Crippen LogP contribution >= 0.6 is 0 Å². The minimum atomic E-state index is -0.967. The number of amides is 1. The lowest BCUT2D eigenvalue weighted by atomic mass is 10.0. The summed E-state index contributed by atoms with van der Waals surface area (Å²) < 4.78 is 0. The zero-order valence-electron chi connectivity index (χ0n) is 11.4. The van der Waals surface area contributed by atoms with Crippen LogP contribution in [-0.4, -0.2) is 29.6 Å². The molecule has 2 rings (SSSR count). The summed E-state index contributed by atoms with van der Waals surface area (Å²) in [6.07, 6.45) is 0.419. The van der Waals surface area contributed by atoms with E-state index in [4.69, 9.17) is 5.11 Å². The number of carboxylic acids is 1. The van der Waals surface area contributed by atoms with Crippen molar-refractivity contribution in [2.24, 2.45) is 0 Å². The molecule has 0 fully saturated rings. The van der Waals surface area contributed by atoms with Gasteiger partial charge in [-0.3, -0.25) is 14.9 Å². The number of anilines is 1. The number of carboxylic acid groups (broad SMARTS) is 1. The van der Waals surface area contributed by atoms with E-state index in [1.807, 2.05) is 18.2 Å². The van der Waals surface area contributed by atoms with E-state index in [-0.39, 0.29) is 5.91 Å². The smallest absolute Gasteiger partial charge is 0.323 e. The van der Waals surface area contributed by atoms with Crippen LogP contribution in [0.1, 0.15) is 25.0 Å². The minimum Gasteiger partial charge on any atom is -0.480 e. The lowest BCUT2D eigenvalue weighted by Crippen LogP contribution is -2.46. The Morgan fingerprint density at radius 2 is 2.16 bits per heavy atom. The van der Waals surface area contributed by atoms with Gasteiger partial charge < -0.3 is 10.0 Å². The number of aliphatic carboxylic acids is 1. The van der Waals surface area contributed by atoms with Gasteiger partial charge in [-0.1, -0.05) is 12.1 Å². The normalized spacial score (nSPS) is 14.7. The Bertz CT molecular complexity index is 537. The molecule has 0 unspecified atom stereocenters. The van der Waals surface area contributed by atoms with Gasteiger partial charge in [-0.05, 0) is 31.0 Å². The molecule has 1 aliphatic heterocycles. The number of hydrogen-bond donors (Lipinski definition) is 2. The fourth-order valence-electron chi connectivity index (χ4n) is 2.03. The Morgan fingerprint density at radius 1 is 1.47 bits per heavy atom. The van der Waals surface area contributed by atoms with E-state index in [1.165, 1.54) is 0 Å². The molecule has 5 nitrogen and oxygen atoms in total. The van der Waals surface area contributed by atoms with Gasteiger partial charge in [0.1, 0.15) is 5.54 Å². The van der Waals surface area contributed by atoms with E-state index in [0.717, 1.165) is 16.8 Å². The molecule has 1 aliphatic rings. The van der Waals surface area contributed by atoms with Crippen LogP contribution in [0, 0.1) is 0 Å². The molecule has 2 N–H and O–H groups in total. The van der Waals surface area contributed by atoms with E-state index in [9.17, 15) is 9.59 Å². The first-order valence-corrected chi connectivity index (χ1v) is 6.18. The standard InChI is InChI=1S/C14H18N2O3/c1-14(2,13(18)19)15-8-9-4-5-11-10(6-9)7-12(17)16(11)3/h4-6,15H,7-8H2,1-3H3,(H,18,19). The van der Waals surface area contributed by atoms with Gasteiger partial charge in [-0.15, -0.1) is 0 Å². The number of benzene rings is 1. The predicted molar refractivity (Wildman–Crippen MR) is 72.1 cm³/mol. The van der Waals surface area contributed by atoms with Crippen molar-refractivity contribution in [2.45, 2.75) is 32.4 Å². The molecule has 1 aromatic rings. The van der Waals surface area contributed by atoms with Gasteiger partial charge in [0.05, 0.1) is 6.42 Å². The average molecular weight is 262 g/mol. The first-order valence-electron chi connectivity index (χ1n) is 6.18. The fourth-order valence-corrected chi connectivity index (χ4v) is 2.03. The van der Waals surface area contributed by atoms with E-state index < -0.39 is 11.5 Å². The Hall–Kier alpha value is -1.88. The van der Waals surface area contributed by atoms with Crippen LogP contribution in [0.5, 0.6) is 0 Å². The molecule has 1 heterocycles. The molecule has 5 heteroatoms. The van der Waals surface area contributed by atoms with Crippen molar-refractivity contribution < 1.29 is 14.7 Å². The highest BCUT2D eigenvalue weighted by Gasteiger charge is 2.27. The van der Waals surface area contributed by atoms with Crippen LogP contribution in [0.25, 0.3) is 0 Å². The monoisotopic (exact) mass is 262 g/mol. The third-order valence-corrected chi connectivity index (χ3v) is 3.49. The highest BCUT2D eigenvalue weighted by Crippen LogP contribution is 2.28. The molecule has 0 aliphatic carbocycles. The van der Waals surface area contributed by atoms with Crippen molar-refractivity contribution in [1.29, 1.82) is 0 Å². The van der Waals surface area contributed by atoms with Gasteiger partial charge in [-0.2, -0.15) is 0 Å². The van der Waals surface area contributed by atoms with Crippen LogP contribution in [0.3, 0.4) is 0 Å². The summed E-state index contributed by atoms with van der Waals surface area (Å²) in [4.78, 5) is 24.2. The second kappa shape index (κ2) is 4.66. The maximum atomic E-state index is 11.6. The SMILES string of the molecule is CN1C(=O)Cc2cc(CNC(C)(C)C(=O)O)ccc21. The first-order chi connectivity index (χ1) is 8.81. The third-order valence-electron chi connectivity index (χ3n) is 3.49. The lowest BCUT2D eigenvalue weighted by molar-refractivity contribution is -0.143. The van der Waals surface area contributed by atoms with E-state index >= 15 is 0 Å². The first kappa shape index (κ1) is 13.5. The Kier molecular flexibility index (Phi) is 3.32. The average Bonchev–Trinajstić information content (AvgIpc) is 2.62. The lowest BCUT2D eigenvalue weighted by Gasteiger charge is -2.21. The van der Waals surface area contributed by atoms with Crippen LogP contribution in [0.4, 0.5) is 5.69 Å². The quantitative estimate of drug-likeness (QED) is 0.854. The maximum absolute atomic E-state index is 11.6. The zero-order chi connectivity index (χ0) is 14.2. The second-order valence-electron chi connectivity index (χ2n) is 5.38. The summed E-state index contributed by atoms with van der Waals surface area (Å²) in [6.45, 7) is 3.71. The number of likely N-dealkylation sites (N-methyl/N-ethyl adjacent to an activating group) is 1. The molecule has 0 radical (unpaired) electrons. The van der Waals surface area contributed by atoms with E-state index in [2.05, 4.69) is 5.32 Å². The molecule has 0 aromatic heterocycles. The van der Waals surface area contributed by atoms with Gasteiger partial charge in [0.25, 0.3) is 0 Å². The summed E-state index contributed by atoms with van der Waals surface area (Å²) in [7, 11) is 1.76. The molecule has 0 saturated heterocycles. The number of carbonyl (C=O) groups excluding carboxylic acids is 1. The second-order valence-corrected chi connectivity index (χ2v) is 5.38. The summed E-state index contributed by atoms with van der Waals surface area (Å²) in [5, 5.41) is 12.0. The highest BCUT2D eigenvalue weighted by molar-refractivity contribution is 6.00. The molecule has 1 aromatic carbocycles. The molecular weight excluding hydrogens is 244 g/mol. The van der Waals surface area contributed by atoms with Crippen LogP contribution in [0.15, 0.2) is 18.2 Å². The van der Waals surface area contributed by atoms with Crippen LogP contribution < -0.4 is 10.2 Å². The summed E-state index contributed by atoms with van der Waals surface area (Å²) in [5.74, 6) is -0.797. The fraction of sp³-hybridized carbons (Fsp3) is 0.429. The van der Waals surface area contributed by atoms with E-state index in [1.54, 1.807) is 25.8 Å². The van der Waals surface area contributed by atoms with Crippen molar-refractivity contribution in [1.82, 2.24) is 5.32 Å². The van der Waals surface area contributed by atoms with E-state index in [0.29, 0.717) is 13.0 Å². The Morgan fingerprint density at radius 3 is 2.79 bits per heavy atom. The summed E-state index contributed by atoms with van der Waals surface area (Å²) >= 11 is 0. The molecule has 0 spiro atoms. The third kappa shape index (κ3) is 2.61. The highest BCUT2D eigenvalue weighted by atomic mass is 16.4. The summed E-state index contributed by atoms with van der Waals surface area (Å²) in [5.41, 5.74) is 1.95. The summed E-state index contributed by atoms with van der Waals surface area (Å²) in [6, 6.07) is 5.78. The number of rotatable bonds is 4. The number of hydrogen-bond acceptors (Lipinski definition) is 3. The van der Waals surface area contributed by atoms with Crippen molar-refractivity contribution in [3.63, 3.8) is 0 Å². The topological polar surface area (TPSA) is 69.6 Å². The molecule has 0 atom stereocenters. The molecule has 1 amide bonds. The van der Waals surface area contributed by atoms with Gasteiger partial charge in [0, 0.05) is 19.3 Å². The number of nitrogens with zero attached hydrogens (tertiary/aromatic N) is 1. The molecular formula is C14H18N2O3. The van der Waals surface area contributed by atoms with Crippen molar-refractivity contribution >= 4 is 17.6 Å². The largest absolute Gasteiger partial charge is 0.480 e. The Labute approximate surface area is 112 Å². The molecule has 19 heavy (non-hydrogen) atoms. The van der Waals surface area contributed by atoms with Crippen molar-refractivity contribution in [3.8, 4) is 0 Å². The van der Waals surface area contributed by atoms with Gasteiger partial charge in [-0.25, -0.2) is 0 Å². The zero-order valence-corrected chi connectivity index (χ0v) is 11.4. The maximum Gasteiger partial charge on any atom is 0.323 e. The van der Waals surface area contributed by atoms with Gasteiger partial charge in [0.15, 0.2) is 0 Å².